The van der Waals surface area contributed by atoms with Crippen molar-refractivity contribution in [1.29, 1.82) is 0 Å². The summed E-state index contributed by atoms with van der Waals surface area (Å²) in [5.74, 6) is -0.0373. The maximum Gasteiger partial charge on any atom is 0.220 e. The Bertz CT molecular complexity index is 1460. The van der Waals surface area contributed by atoms with Gasteiger partial charge in [-0.15, -0.1) is 0 Å². The van der Waals surface area contributed by atoms with E-state index in [4.69, 9.17) is 0 Å². The van der Waals surface area contributed by atoms with Gasteiger partial charge in [0.2, 0.25) is 5.91 Å². The zero-order valence-corrected chi connectivity index (χ0v) is 49.5. The molecule has 0 saturated heterocycles. The van der Waals surface area contributed by atoms with Crippen molar-refractivity contribution >= 4 is 5.91 Å². The van der Waals surface area contributed by atoms with Crippen LogP contribution in [0.5, 0.6) is 0 Å². The maximum atomic E-state index is 12.5. The second-order valence-electron chi connectivity index (χ2n) is 21.5. The lowest BCUT2D eigenvalue weighted by Crippen LogP contribution is -2.45. The van der Waals surface area contributed by atoms with E-state index in [1.54, 1.807) is 0 Å². The van der Waals surface area contributed by atoms with Crippen LogP contribution in [-0.4, -0.2) is 34.9 Å². The highest BCUT2D eigenvalue weighted by molar-refractivity contribution is 5.76. The van der Waals surface area contributed by atoms with E-state index < -0.39 is 12.1 Å². The standard InChI is InChI=1S/C71H123NO3/c1-3-5-7-9-11-13-15-17-19-21-23-25-27-28-29-30-31-32-33-34-35-36-37-38-39-40-41-42-43-44-45-47-49-51-53-55-57-59-61-63-65-67-71(75)72-69(68-73)70(74)66-64-62-60-58-56-54-52-50-48-46-26-24-22-20-18-16-14-12-10-8-6-4-2/h5,7,11,13,17,19,23,25,28-29,31-32,34-35,37-38,40-41,43-44,69-70,73-74H,3-4,6,8-10,12,14-16,18,20-22,24,26-27,30,33,36,39,42,45-68H2,1-2H3,(H,72,75)/b7-5-,13-11-,19-17-,25-23-,29-28-,32-31-,35-34-,38-37-,41-40-,44-43-. The first-order valence-corrected chi connectivity index (χ1v) is 32.2. The number of aliphatic hydroxyl groups is 2. The van der Waals surface area contributed by atoms with E-state index in [1.807, 2.05) is 0 Å². The molecule has 430 valence electrons. The summed E-state index contributed by atoms with van der Waals surface area (Å²) in [6, 6.07) is -0.547. The van der Waals surface area contributed by atoms with Crippen molar-refractivity contribution < 1.29 is 15.0 Å². The molecule has 0 bridgehead atoms. The van der Waals surface area contributed by atoms with Crippen LogP contribution in [0.2, 0.25) is 0 Å². The summed E-state index contributed by atoms with van der Waals surface area (Å²) in [6.45, 7) is 4.26. The van der Waals surface area contributed by atoms with Crippen LogP contribution in [-0.2, 0) is 4.79 Å². The van der Waals surface area contributed by atoms with Crippen LogP contribution in [0.3, 0.4) is 0 Å². The SMILES string of the molecule is CC/C=C\C/C=C\C/C=C\C/C=C\C/C=C\C/C=C\C/C=C\C/C=C\C/C=C\C/C=C\CCCCCCCCCCCCC(=O)NC(CO)C(O)CCCCCCCCCCCCCCCCCCCCCCCC. The van der Waals surface area contributed by atoms with Gasteiger partial charge in [0.15, 0.2) is 0 Å². The molecule has 2 atom stereocenters. The summed E-state index contributed by atoms with van der Waals surface area (Å²) < 4.78 is 0. The molecular weight excluding hydrogens is 915 g/mol. The van der Waals surface area contributed by atoms with Gasteiger partial charge in [-0.1, -0.05) is 328 Å². The summed E-state index contributed by atoms with van der Waals surface area (Å²) in [6.07, 6.45) is 99.2. The van der Waals surface area contributed by atoms with Gasteiger partial charge in [-0.05, 0) is 89.9 Å². The number of unbranched alkanes of at least 4 members (excludes halogenated alkanes) is 31. The highest BCUT2D eigenvalue weighted by atomic mass is 16.3. The molecule has 4 heteroatoms. The van der Waals surface area contributed by atoms with Gasteiger partial charge in [-0.3, -0.25) is 4.79 Å². The van der Waals surface area contributed by atoms with Crippen molar-refractivity contribution in [2.75, 3.05) is 6.61 Å². The molecule has 0 aliphatic heterocycles. The van der Waals surface area contributed by atoms with E-state index in [-0.39, 0.29) is 12.5 Å². The van der Waals surface area contributed by atoms with Gasteiger partial charge in [0.05, 0.1) is 18.8 Å². The van der Waals surface area contributed by atoms with Crippen molar-refractivity contribution in [3.05, 3.63) is 122 Å². The fourth-order valence-electron chi connectivity index (χ4n) is 9.39. The number of hydrogen-bond donors (Lipinski definition) is 3. The first-order chi connectivity index (χ1) is 37.2. The number of carbonyl (C=O) groups excluding carboxylic acids is 1. The Morgan fingerprint density at radius 3 is 0.880 bits per heavy atom. The fraction of sp³-hybridized carbons (Fsp3) is 0.704. The average molecular weight is 1040 g/mol. The van der Waals surface area contributed by atoms with Crippen LogP contribution in [0, 0.1) is 0 Å². The molecule has 0 aromatic rings. The molecular formula is C71H123NO3. The number of aliphatic hydroxyl groups excluding tert-OH is 2. The number of amides is 1. The second kappa shape index (κ2) is 65.1. The molecule has 0 rings (SSSR count). The van der Waals surface area contributed by atoms with Crippen LogP contribution in [0.1, 0.15) is 303 Å². The molecule has 1 amide bonds. The third kappa shape index (κ3) is 61.5. The monoisotopic (exact) mass is 1040 g/mol. The van der Waals surface area contributed by atoms with Crippen molar-refractivity contribution in [3.8, 4) is 0 Å². The first kappa shape index (κ1) is 71.8. The van der Waals surface area contributed by atoms with Gasteiger partial charge < -0.3 is 15.5 Å². The van der Waals surface area contributed by atoms with Gasteiger partial charge >= 0.3 is 0 Å². The molecule has 0 radical (unpaired) electrons. The zero-order valence-electron chi connectivity index (χ0n) is 49.5. The molecule has 4 nitrogen and oxygen atoms in total. The molecule has 0 spiro atoms. The Labute approximate surface area is 467 Å². The number of hydrogen-bond acceptors (Lipinski definition) is 3. The summed E-state index contributed by atoms with van der Waals surface area (Å²) >= 11 is 0. The lowest BCUT2D eigenvalue weighted by atomic mass is 10.0. The van der Waals surface area contributed by atoms with E-state index in [0.29, 0.717) is 12.8 Å². The van der Waals surface area contributed by atoms with E-state index in [9.17, 15) is 15.0 Å². The minimum Gasteiger partial charge on any atom is -0.394 e. The fourth-order valence-corrected chi connectivity index (χ4v) is 9.39. The lowest BCUT2D eigenvalue weighted by Gasteiger charge is -2.22. The third-order valence-corrected chi connectivity index (χ3v) is 14.2. The van der Waals surface area contributed by atoms with Gasteiger partial charge in [0, 0.05) is 6.42 Å². The molecule has 0 heterocycles. The second-order valence-corrected chi connectivity index (χ2v) is 21.5. The average Bonchev–Trinajstić information content (AvgIpc) is 3.41. The van der Waals surface area contributed by atoms with Crippen molar-refractivity contribution in [2.45, 2.75) is 315 Å². The number of rotatable bonds is 58. The van der Waals surface area contributed by atoms with Crippen LogP contribution in [0.4, 0.5) is 0 Å². The molecule has 0 aliphatic carbocycles. The molecule has 0 fully saturated rings. The van der Waals surface area contributed by atoms with Crippen LogP contribution < -0.4 is 5.32 Å². The largest absolute Gasteiger partial charge is 0.394 e. The summed E-state index contributed by atoms with van der Waals surface area (Å²) in [5, 5.41) is 23.4. The van der Waals surface area contributed by atoms with Crippen molar-refractivity contribution in [3.63, 3.8) is 0 Å². The number of allylic oxidation sites excluding steroid dienone is 20. The Morgan fingerprint density at radius 1 is 0.333 bits per heavy atom. The van der Waals surface area contributed by atoms with E-state index in [2.05, 4.69) is 141 Å². The number of nitrogens with one attached hydrogen (secondary N) is 1. The molecule has 0 aromatic heterocycles. The highest BCUT2D eigenvalue weighted by Gasteiger charge is 2.20. The van der Waals surface area contributed by atoms with Crippen molar-refractivity contribution in [2.24, 2.45) is 0 Å². The molecule has 0 aromatic carbocycles. The Morgan fingerprint density at radius 2 is 0.587 bits per heavy atom. The number of carbonyl (C=O) groups is 1. The van der Waals surface area contributed by atoms with Crippen molar-refractivity contribution in [1.82, 2.24) is 5.32 Å². The topological polar surface area (TPSA) is 69.6 Å². The van der Waals surface area contributed by atoms with Gasteiger partial charge in [-0.2, -0.15) is 0 Å². The quantitative estimate of drug-likeness (QED) is 0.0420. The smallest absolute Gasteiger partial charge is 0.220 e. The summed E-state index contributed by atoms with van der Waals surface area (Å²) in [7, 11) is 0. The van der Waals surface area contributed by atoms with E-state index >= 15 is 0 Å². The van der Waals surface area contributed by atoms with E-state index in [0.717, 1.165) is 89.9 Å². The Hall–Kier alpha value is -3.21. The normalized spacial score (nSPS) is 13.6. The molecule has 0 aliphatic rings. The van der Waals surface area contributed by atoms with E-state index in [1.165, 1.54) is 186 Å². The van der Waals surface area contributed by atoms with Crippen LogP contribution in [0.15, 0.2) is 122 Å². The Kier molecular flexibility index (Phi) is 62.3. The van der Waals surface area contributed by atoms with Gasteiger partial charge in [-0.25, -0.2) is 0 Å². The predicted molar refractivity (Wildman–Crippen MR) is 336 cm³/mol. The molecule has 2 unspecified atom stereocenters. The molecule has 75 heavy (non-hydrogen) atoms. The van der Waals surface area contributed by atoms with Crippen LogP contribution in [0.25, 0.3) is 0 Å². The minimum atomic E-state index is -0.670. The minimum absolute atomic E-state index is 0.0373. The zero-order chi connectivity index (χ0) is 54.1. The third-order valence-electron chi connectivity index (χ3n) is 14.2. The summed E-state index contributed by atoms with van der Waals surface area (Å²) in [4.78, 5) is 12.5. The highest BCUT2D eigenvalue weighted by Crippen LogP contribution is 2.17. The van der Waals surface area contributed by atoms with Gasteiger partial charge in [0.25, 0.3) is 0 Å². The first-order valence-electron chi connectivity index (χ1n) is 32.2. The molecule has 3 N–H and O–H groups in total. The van der Waals surface area contributed by atoms with Gasteiger partial charge in [0.1, 0.15) is 0 Å². The maximum absolute atomic E-state index is 12.5. The molecule has 0 saturated carbocycles. The van der Waals surface area contributed by atoms with Crippen LogP contribution >= 0.6 is 0 Å². The summed E-state index contributed by atoms with van der Waals surface area (Å²) in [5.41, 5.74) is 0. The predicted octanol–water partition coefficient (Wildman–Crippen LogP) is 22.0. The Balaban J connectivity index is 3.56. The lowest BCUT2D eigenvalue weighted by molar-refractivity contribution is -0.123.